The first-order valence-electron chi connectivity index (χ1n) is 6.37. The molecule has 0 radical (unpaired) electrons. The van der Waals surface area contributed by atoms with E-state index in [1.165, 1.54) is 18.3 Å². The number of aromatic carboxylic acids is 1. The number of carbonyl (C=O) groups is 2. The molecular weight excluding hydrogens is 260 g/mol. The summed E-state index contributed by atoms with van der Waals surface area (Å²) in [6.07, 6.45) is 1.41. The first-order chi connectivity index (χ1) is 9.21. The standard InChI is InChI=1S/C14H20N2O4/c1-9(17)7-14(2,3)8-16-12(18)10-4-5-15-11(6-10)13(19)20/h4-6,9,17H,7-8H2,1-3H3,(H,16,18)(H,19,20). The fourth-order valence-corrected chi connectivity index (χ4v) is 1.98. The Balaban J connectivity index is 2.68. The van der Waals surface area contributed by atoms with E-state index in [0.29, 0.717) is 13.0 Å². The summed E-state index contributed by atoms with van der Waals surface area (Å²) in [4.78, 5) is 26.4. The van der Waals surface area contributed by atoms with Crippen LogP contribution in [-0.4, -0.2) is 39.7 Å². The van der Waals surface area contributed by atoms with Crippen molar-refractivity contribution >= 4 is 11.9 Å². The van der Waals surface area contributed by atoms with Crippen LogP contribution in [0.5, 0.6) is 0 Å². The highest BCUT2D eigenvalue weighted by molar-refractivity contribution is 5.96. The van der Waals surface area contributed by atoms with Crippen LogP contribution in [-0.2, 0) is 0 Å². The number of hydrogen-bond donors (Lipinski definition) is 3. The number of rotatable bonds is 6. The molecule has 6 nitrogen and oxygen atoms in total. The van der Waals surface area contributed by atoms with Gasteiger partial charge in [0.2, 0.25) is 0 Å². The number of nitrogens with zero attached hydrogens (tertiary/aromatic N) is 1. The summed E-state index contributed by atoms with van der Waals surface area (Å²) in [7, 11) is 0. The quantitative estimate of drug-likeness (QED) is 0.729. The predicted octanol–water partition coefficient (Wildman–Crippen LogP) is 1.31. The topological polar surface area (TPSA) is 99.5 Å². The maximum absolute atomic E-state index is 12.0. The smallest absolute Gasteiger partial charge is 0.354 e. The fraction of sp³-hybridized carbons (Fsp3) is 0.500. The molecule has 0 aliphatic rings. The molecular formula is C14H20N2O4. The molecule has 1 rings (SSSR count). The molecule has 1 amide bonds. The third-order valence-electron chi connectivity index (χ3n) is 2.82. The van der Waals surface area contributed by atoms with Crippen LogP contribution in [0.1, 0.15) is 48.0 Å². The molecule has 0 bridgehead atoms. The summed E-state index contributed by atoms with van der Waals surface area (Å²) in [5.41, 5.74) is -0.155. The molecule has 0 fully saturated rings. The van der Waals surface area contributed by atoms with Gasteiger partial charge in [0.05, 0.1) is 6.10 Å². The Labute approximate surface area is 117 Å². The molecule has 3 N–H and O–H groups in total. The minimum Gasteiger partial charge on any atom is -0.477 e. The van der Waals surface area contributed by atoms with Crippen molar-refractivity contribution in [2.45, 2.75) is 33.3 Å². The Morgan fingerprint density at radius 1 is 1.45 bits per heavy atom. The molecule has 6 heteroatoms. The Morgan fingerprint density at radius 3 is 2.65 bits per heavy atom. The number of aliphatic hydroxyl groups is 1. The van der Waals surface area contributed by atoms with Crippen molar-refractivity contribution < 1.29 is 19.8 Å². The summed E-state index contributed by atoms with van der Waals surface area (Å²) in [5.74, 6) is -1.53. The minimum absolute atomic E-state index is 0.166. The number of aliphatic hydroxyl groups excluding tert-OH is 1. The summed E-state index contributed by atoms with van der Waals surface area (Å²) < 4.78 is 0. The van der Waals surface area contributed by atoms with Crippen LogP contribution in [0.3, 0.4) is 0 Å². The van der Waals surface area contributed by atoms with Gasteiger partial charge in [-0.25, -0.2) is 9.78 Å². The Kier molecular flexibility index (Phi) is 5.21. The summed E-state index contributed by atoms with van der Waals surface area (Å²) in [5, 5.41) is 20.9. The average molecular weight is 280 g/mol. The minimum atomic E-state index is -1.17. The van der Waals surface area contributed by atoms with Crippen LogP contribution in [0.15, 0.2) is 18.3 Å². The predicted molar refractivity (Wildman–Crippen MR) is 73.6 cm³/mol. The average Bonchev–Trinajstić information content (AvgIpc) is 2.34. The lowest BCUT2D eigenvalue weighted by atomic mass is 9.87. The first kappa shape index (κ1) is 16.1. The van der Waals surface area contributed by atoms with Crippen LogP contribution in [0.4, 0.5) is 0 Å². The van der Waals surface area contributed by atoms with Gasteiger partial charge < -0.3 is 15.5 Å². The zero-order valence-electron chi connectivity index (χ0n) is 11.9. The van der Waals surface area contributed by atoms with E-state index < -0.39 is 12.1 Å². The molecule has 0 aromatic carbocycles. The monoisotopic (exact) mass is 280 g/mol. The van der Waals surface area contributed by atoms with Crippen LogP contribution in [0.25, 0.3) is 0 Å². The van der Waals surface area contributed by atoms with E-state index in [2.05, 4.69) is 10.3 Å². The lowest BCUT2D eigenvalue weighted by molar-refractivity contribution is 0.0690. The normalized spacial score (nSPS) is 12.8. The van der Waals surface area contributed by atoms with Crippen molar-refractivity contribution in [2.75, 3.05) is 6.54 Å². The molecule has 0 saturated heterocycles. The van der Waals surface area contributed by atoms with Crippen molar-refractivity contribution in [3.05, 3.63) is 29.6 Å². The molecule has 1 heterocycles. The molecule has 0 spiro atoms. The molecule has 0 saturated carbocycles. The highest BCUT2D eigenvalue weighted by atomic mass is 16.4. The van der Waals surface area contributed by atoms with E-state index in [4.69, 9.17) is 5.11 Å². The van der Waals surface area contributed by atoms with Gasteiger partial charge in [-0.3, -0.25) is 4.79 Å². The van der Waals surface area contributed by atoms with Gasteiger partial charge in [-0.1, -0.05) is 13.8 Å². The van der Waals surface area contributed by atoms with Crippen molar-refractivity contribution in [1.82, 2.24) is 10.3 Å². The van der Waals surface area contributed by atoms with E-state index in [1.54, 1.807) is 6.92 Å². The molecule has 0 aliphatic heterocycles. The van der Waals surface area contributed by atoms with Crippen molar-refractivity contribution in [3.63, 3.8) is 0 Å². The third-order valence-corrected chi connectivity index (χ3v) is 2.82. The number of carbonyl (C=O) groups excluding carboxylic acids is 1. The lowest BCUT2D eigenvalue weighted by Crippen LogP contribution is -2.35. The van der Waals surface area contributed by atoms with E-state index in [0.717, 1.165) is 0 Å². The SMILES string of the molecule is CC(O)CC(C)(C)CNC(=O)c1ccnc(C(=O)O)c1. The van der Waals surface area contributed by atoms with Crippen LogP contribution >= 0.6 is 0 Å². The fourth-order valence-electron chi connectivity index (χ4n) is 1.98. The first-order valence-corrected chi connectivity index (χ1v) is 6.37. The van der Waals surface area contributed by atoms with Gasteiger partial charge in [-0.15, -0.1) is 0 Å². The van der Waals surface area contributed by atoms with Gasteiger partial charge in [0.15, 0.2) is 0 Å². The van der Waals surface area contributed by atoms with E-state index >= 15 is 0 Å². The van der Waals surface area contributed by atoms with Gasteiger partial charge in [0.1, 0.15) is 5.69 Å². The Bertz CT molecular complexity index is 498. The van der Waals surface area contributed by atoms with Crippen LogP contribution in [0, 0.1) is 5.41 Å². The Hall–Kier alpha value is -1.95. The van der Waals surface area contributed by atoms with Crippen molar-refractivity contribution in [2.24, 2.45) is 5.41 Å². The van der Waals surface area contributed by atoms with Gasteiger partial charge >= 0.3 is 5.97 Å². The van der Waals surface area contributed by atoms with Crippen molar-refractivity contribution in [1.29, 1.82) is 0 Å². The summed E-state index contributed by atoms with van der Waals surface area (Å²) in [6, 6.07) is 2.70. The maximum atomic E-state index is 12.0. The zero-order chi connectivity index (χ0) is 15.3. The molecule has 1 atom stereocenters. The second kappa shape index (κ2) is 6.47. The van der Waals surface area contributed by atoms with E-state index in [9.17, 15) is 14.7 Å². The highest BCUT2D eigenvalue weighted by Gasteiger charge is 2.21. The zero-order valence-corrected chi connectivity index (χ0v) is 11.9. The number of aromatic nitrogens is 1. The van der Waals surface area contributed by atoms with Gasteiger partial charge in [0.25, 0.3) is 5.91 Å². The van der Waals surface area contributed by atoms with Gasteiger partial charge in [-0.05, 0) is 30.9 Å². The van der Waals surface area contributed by atoms with E-state index in [-0.39, 0.29) is 22.6 Å². The Morgan fingerprint density at radius 2 is 2.10 bits per heavy atom. The number of nitrogens with one attached hydrogen (secondary N) is 1. The lowest BCUT2D eigenvalue weighted by Gasteiger charge is -2.26. The second-order valence-electron chi connectivity index (χ2n) is 5.63. The number of hydrogen-bond acceptors (Lipinski definition) is 4. The number of amides is 1. The summed E-state index contributed by atoms with van der Waals surface area (Å²) in [6.45, 7) is 5.97. The maximum Gasteiger partial charge on any atom is 0.354 e. The molecule has 1 aromatic heterocycles. The van der Waals surface area contributed by atoms with E-state index in [1.807, 2.05) is 13.8 Å². The van der Waals surface area contributed by atoms with Crippen molar-refractivity contribution in [3.8, 4) is 0 Å². The molecule has 110 valence electrons. The van der Waals surface area contributed by atoms with Crippen LogP contribution in [0.2, 0.25) is 0 Å². The third kappa shape index (κ3) is 4.97. The molecule has 0 aliphatic carbocycles. The van der Waals surface area contributed by atoms with Gasteiger partial charge in [0, 0.05) is 18.3 Å². The molecule has 1 unspecified atom stereocenters. The number of pyridine rings is 1. The molecule has 20 heavy (non-hydrogen) atoms. The van der Waals surface area contributed by atoms with Gasteiger partial charge in [-0.2, -0.15) is 0 Å². The summed E-state index contributed by atoms with van der Waals surface area (Å²) >= 11 is 0. The molecule has 1 aromatic rings. The second-order valence-corrected chi connectivity index (χ2v) is 5.63. The number of carboxylic acids is 1. The number of carboxylic acid groups (broad SMARTS) is 1. The van der Waals surface area contributed by atoms with Crippen LogP contribution < -0.4 is 5.32 Å². The highest BCUT2D eigenvalue weighted by Crippen LogP contribution is 2.21. The largest absolute Gasteiger partial charge is 0.477 e.